The molecule has 10 aromatic rings. The summed E-state index contributed by atoms with van der Waals surface area (Å²) in [5, 5.41) is 31.5. The van der Waals surface area contributed by atoms with E-state index in [9.17, 15) is 10.2 Å². The van der Waals surface area contributed by atoms with Crippen LogP contribution in [0.2, 0.25) is 13.1 Å². The van der Waals surface area contributed by atoms with Gasteiger partial charge < -0.3 is 28.2 Å². The van der Waals surface area contributed by atoms with Crippen molar-refractivity contribution >= 4 is 52.2 Å². The molecular weight excluding hydrogens is 1130 g/mol. The first-order valence-electron chi connectivity index (χ1n) is 33.3. The molecule has 0 bridgehead atoms. The Labute approximate surface area is 547 Å². The van der Waals surface area contributed by atoms with Crippen molar-refractivity contribution in [3.8, 4) is 56.6 Å². The molecule has 0 aliphatic carbocycles. The molecule has 0 radical (unpaired) electrons. The Hall–Kier alpha value is -7.22. The third kappa shape index (κ3) is 13.4. The Bertz CT molecular complexity index is 4050. The lowest BCUT2D eigenvalue weighted by atomic mass is 9.71. The van der Waals surface area contributed by atoms with Crippen LogP contribution in [0.4, 0.5) is 0 Å². The SMILES string of the molecule is Cc1ccc(O[Si](C)(C)Oc2ccc(C)cc2-c2cc(C(C)(C)CC(C)(C)C)cc(-n3c4ccc(C(C)(C)C)cc4c4cc(C(C)(C)C)ccc43)c2O)c(-c2cc(C(C)(C)CC(C)(C)C)cc(-n3c4ccc(C(C)(C)C)cc4c4cc(C(C)(C)C)ccc43)c2O)c1. The van der Waals surface area contributed by atoms with Crippen LogP contribution in [0.15, 0.2) is 133 Å². The zero-order chi connectivity index (χ0) is 67.1. The molecule has 6 nitrogen and oxygen atoms in total. The summed E-state index contributed by atoms with van der Waals surface area (Å²) in [6.45, 7) is 58.9. The molecule has 0 atom stereocenters. The number of fused-ring (bicyclic) bond motifs is 6. The molecule has 2 heterocycles. The summed E-state index contributed by atoms with van der Waals surface area (Å²) in [6, 6.07) is 49.0. The van der Waals surface area contributed by atoms with Crippen molar-refractivity contribution in [3.05, 3.63) is 178 Å². The summed E-state index contributed by atoms with van der Waals surface area (Å²) in [7, 11) is -3.28. The lowest BCUT2D eigenvalue weighted by Gasteiger charge is -2.34. The van der Waals surface area contributed by atoms with E-state index >= 15 is 0 Å². The van der Waals surface area contributed by atoms with E-state index in [1.54, 1.807) is 0 Å². The fourth-order valence-corrected chi connectivity index (χ4v) is 16.0. The standard InChI is InChI=1S/C84H106N2O4Si/c1-51-27-37-73(63(39-51)65-45-57(83(21,22)49-77(3,4)5)47-71(75(65)87)85-67-33-29-53(79(9,10)11)41-59(67)60-42-54(80(12,13)14)30-34-68(60)85)89-91(25,26)90-74-38-28-52(2)40-64(74)66-46-58(84(23,24)50-78(6,7)8)48-72(76(66)88)86-69-35-31-55(81(15,16)17)43-61(69)62-44-56(82(18,19)20)32-36-70(62)86/h27-48,87-88H,49-50H2,1-26H3. The van der Waals surface area contributed by atoms with Crippen molar-refractivity contribution in [1.29, 1.82) is 0 Å². The minimum Gasteiger partial charge on any atom is -0.512 e. The van der Waals surface area contributed by atoms with Gasteiger partial charge in [0.05, 0.1) is 33.4 Å². The van der Waals surface area contributed by atoms with Gasteiger partial charge in [0.2, 0.25) is 0 Å². The molecule has 0 spiro atoms. The third-order valence-electron chi connectivity index (χ3n) is 18.7. The van der Waals surface area contributed by atoms with Crippen molar-refractivity contribution in [3.63, 3.8) is 0 Å². The van der Waals surface area contributed by atoms with E-state index in [0.717, 1.165) is 101 Å². The molecule has 0 amide bonds. The number of aryl methyl sites for hydroxylation is 2. The summed E-state index contributed by atoms with van der Waals surface area (Å²) in [5.74, 6) is 1.61. The van der Waals surface area contributed by atoms with Crippen molar-refractivity contribution < 1.29 is 19.1 Å². The highest BCUT2D eigenvalue weighted by atomic mass is 28.4. The Morgan fingerprint density at radius 3 is 0.857 bits per heavy atom. The van der Waals surface area contributed by atoms with Crippen molar-refractivity contribution in [2.45, 2.75) is 225 Å². The molecule has 0 saturated heterocycles. The maximum absolute atomic E-state index is 13.4. The second kappa shape index (κ2) is 22.5. The monoisotopic (exact) mass is 1230 g/mol. The molecule has 0 saturated carbocycles. The molecule has 0 fully saturated rings. The number of rotatable bonds is 12. The first kappa shape index (κ1) is 66.7. The van der Waals surface area contributed by atoms with E-state index in [-0.39, 0.29) is 54.8 Å². The number of phenols is 2. The first-order valence-corrected chi connectivity index (χ1v) is 36.1. The highest BCUT2D eigenvalue weighted by Crippen LogP contribution is 2.51. The molecule has 0 aliphatic heterocycles. The number of hydrogen-bond acceptors (Lipinski definition) is 4. The van der Waals surface area contributed by atoms with Crippen molar-refractivity contribution in [1.82, 2.24) is 9.13 Å². The average molecular weight is 1240 g/mol. The molecule has 10 rings (SSSR count). The molecule has 7 heteroatoms. The lowest BCUT2D eigenvalue weighted by Crippen LogP contribution is -2.42. The summed E-state index contributed by atoms with van der Waals surface area (Å²) in [4.78, 5) is 0. The van der Waals surface area contributed by atoms with Crippen LogP contribution >= 0.6 is 0 Å². The van der Waals surface area contributed by atoms with E-state index < -0.39 is 8.56 Å². The number of phenolic OH excluding ortho intramolecular Hbond substituents is 2. The number of aromatic nitrogens is 2. The van der Waals surface area contributed by atoms with Crippen LogP contribution in [0.25, 0.3) is 77.2 Å². The van der Waals surface area contributed by atoms with Gasteiger partial charge in [0.25, 0.3) is 0 Å². The fraction of sp³-hybridized carbons (Fsp3) is 0.429. The van der Waals surface area contributed by atoms with Crippen LogP contribution in [0.3, 0.4) is 0 Å². The minimum atomic E-state index is -3.28. The third-order valence-corrected chi connectivity index (χ3v) is 20.1. The van der Waals surface area contributed by atoms with Gasteiger partial charge in [0, 0.05) is 56.9 Å². The van der Waals surface area contributed by atoms with Gasteiger partial charge in [-0.25, -0.2) is 0 Å². The first-order chi connectivity index (χ1) is 41.7. The Kier molecular flexibility index (Phi) is 16.5. The number of hydrogen-bond donors (Lipinski definition) is 2. The second-order valence-corrected chi connectivity index (χ2v) is 38.4. The van der Waals surface area contributed by atoms with Gasteiger partial charge in [-0.3, -0.25) is 0 Å². The molecular formula is C84H106N2O4Si. The second-order valence-electron chi connectivity index (χ2n) is 35.2. The van der Waals surface area contributed by atoms with Gasteiger partial charge in [-0.1, -0.05) is 200 Å². The lowest BCUT2D eigenvalue weighted by molar-refractivity contribution is 0.283. The maximum Gasteiger partial charge on any atom is 0.454 e. The zero-order valence-electron chi connectivity index (χ0n) is 60.2. The molecule has 91 heavy (non-hydrogen) atoms. The highest BCUT2D eigenvalue weighted by molar-refractivity contribution is 6.66. The maximum atomic E-state index is 13.4. The quantitative estimate of drug-likeness (QED) is 0.120. The largest absolute Gasteiger partial charge is 0.512 e. The summed E-state index contributed by atoms with van der Waals surface area (Å²) in [5.41, 5.74) is 17.1. The predicted octanol–water partition coefficient (Wildman–Crippen LogP) is 24.0. The Morgan fingerprint density at radius 2 is 0.604 bits per heavy atom. The van der Waals surface area contributed by atoms with Gasteiger partial charge in [-0.05, 0) is 200 Å². The Balaban J connectivity index is 1.15. The average Bonchev–Trinajstić information content (AvgIpc) is 1.63. The van der Waals surface area contributed by atoms with Gasteiger partial charge in [-0.2, -0.15) is 0 Å². The smallest absolute Gasteiger partial charge is 0.454 e. The molecule has 8 aromatic carbocycles. The van der Waals surface area contributed by atoms with Crippen LogP contribution in [-0.2, 0) is 32.5 Å². The molecule has 480 valence electrons. The number of aromatic hydroxyl groups is 2. The van der Waals surface area contributed by atoms with Crippen molar-refractivity contribution in [2.24, 2.45) is 10.8 Å². The number of benzene rings is 8. The van der Waals surface area contributed by atoms with E-state index in [0.29, 0.717) is 22.6 Å². The van der Waals surface area contributed by atoms with E-state index in [1.807, 2.05) is 12.1 Å². The van der Waals surface area contributed by atoms with Crippen molar-refractivity contribution in [2.75, 3.05) is 0 Å². The van der Waals surface area contributed by atoms with Crippen LogP contribution in [0, 0.1) is 24.7 Å². The minimum absolute atomic E-state index is 0.0148. The predicted molar refractivity (Wildman–Crippen MR) is 393 cm³/mol. The summed E-state index contributed by atoms with van der Waals surface area (Å²) in [6.07, 6.45) is 1.82. The fourth-order valence-electron chi connectivity index (χ4n) is 14.5. The van der Waals surface area contributed by atoms with Gasteiger partial charge >= 0.3 is 8.56 Å². The summed E-state index contributed by atoms with van der Waals surface area (Å²) >= 11 is 0. The van der Waals surface area contributed by atoms with Crippen LogP contribution in [0.1, 0.15) is 210 Å². The van der Waals surface area contributed by atoms with Gasteiger partial charge in [0.1, 0.15) is 23.0 Å². The summed E-state index contributed by atoms with van der Waals surface area (Å²) < 4.78 is 19.5. The molecule has 2 N–H and O–H groups in total. The Morgan fingerprint density at radius 1 is 0.330 bits per heavy atom. The molecule has 0 aliphatic rings. The van der Waals surface area contributed by atoms with Gasteiger partial charge in [0.15, 0.2) is 0 Å². The zero-order valence-corrected chi connectivity index (χ0v) is 61.2. The van der Waals surface area contributed by atoms with Gasteiger partial charge in [-0.15, -0.1) is 0 Å². The normalized spacial score (nSPS) is 13.6. The van der Waals surface area contributed by atoms with Crippen LogP contribution < -0.4 is 8.85 Å². The van der Waals surface area contributed by atoms with E-state index in [4.69, 9.17) is 8.85 Å². The van der Waals surface area contributed by atoms with E-state index in [2.05, 4.69) is 310 Å². The molecule has 0 unspecified atom stereocenters. The topological polar surface area (TPSA) is 68.8 Å². The molecule has 2 aromatic heterocycles. The highest BCUT2D eigenvalue weighted by Gasteiger charge is 2.37. The number of nitrogens with zero attached hydrogens (tertiary/aromatic N) is 2. The van der Waals surface area contributed by atoms with E-state index in [1.165, 1.54) is 22.3 Å². The van der Waals surface area contributed by atoms with Crippen LogP contribution in [0.5, 0.6) is 23.0 Å². The van der Waals surface area contributed by atoms with Crippen LogP contribution in [-0.4, -0.2) is 27.9 Å².